The fourth-order valence-corrected chi connectivity index (χ4v) is 0.862. The third kappa shape index (κ3) is 1.93. The van der Waals surface area contributed by atoms with Crippen molar-refractivity contribution in [2.45, 2.75) is 19.8 Å². The second kappa shape index (κ2) is 3.90. The quantitative estimate of drug-likeness (QED) is 0.716. The van der Waals surface area contributed by atoms with Gasteiger partial charge in [0.05, 0.1) is 0 Å². The predicted molar refractivity (Wildman–Crippen MR) is 36.1 cm³/mol. The van der Waals surface area contributed by atoms with Gasteiger partial charge in [0.2, 0.25) is 0 Å². The van der Waals surface area contributed by atoms with E-state index in [1.54, 1.807) is 0 Å². The molecule has 0 N–H and O–H groups in total. The second-order valence-corrected chi connectivity index (χ2v) is 2.50. The summed E-state index contributed by atoms with van der Waals surface area (Å²) in [6.07, 6.45) is 4.67. The normalized spacial score (nSPS) is 9.60. The van der Waals surface area contributed by atoms with Crippen molar-refractivity contribution in [3.63, 3.8) is 0 Å². The van der Waals surface area contributed by atoms with Gasteiger partial charge in [-0.3, -0.25) is 0 Å². The molecule has 1 aromatic heterocycles. The van der Waals surface area contributed by atoms with E-state index in [1.165, 1.54) is 5.69 Å². The minimum atomic E-state index is 0. The number of hydrogen-bond donors (Lipinski definition) is 0. The maximum atomic E-state index is 3.88. The monoisotopic (exact) mass is 310 g/mol. The smallest absolute Gasteiger partial charge is 0.000420 e. The number of aromatic nitrogens is 2. The molecular weight excluding hydrogens is 298 g/mol. The summed E-state index contributed by atoms with van der Waals surface area (Å²) in [5, 5.41) is 0. The van der Waals surface area contributed by atoms with Crippen molar-refractivity contribution in [1.82, 2.24) is 9.55 Å². The van der Waals surface area contributed by atoms with Crippen LogP contribution in [0, 0.1) is 6.33 Å². The molecular formula is C7H11N2Re-. The minimum absolute atomic E-state index is 0. The molecule has 0 amide bonds. The molecule has 0 spiro atoms. The molecule has 0 unspecified atom stereocenters. The van der Waals surface area contributed by atoms with Gasteiger partial charge in [0.25, 0.3) is 0 Å². The van der Waals surface area contributed by atoms with Crippen LogP contribution in [0.25, 0.3) is 0 Å². The van der Waals surface area contributed by atoms with Gasteiger partial charge in [0.15, 0.2) is 0 Å². The van der Waals surface area contributed by atoms with E-state index in [2.05, 4.69) is 25.2 Å². The predicted octanol–water partition coefficient (Wildman–Crippen LogP) is 1.34. The molecule has 0 aromatic carbocycles. The summed E-state index contributed by atoms with van der Waals surface area (Å²) >= 11 is 0. The van der Waals surface area contributed by atoms with Gasteiger partial charge in [-0.2, -0.15) is 0 Å². The number of hydrogen-bond acceptors (Lipinski definition) is 1. The van der Waals surface area contributed by atoms with Crippen LogP contribution in [0.5, 0.6) is 0 Å². The zero-order valence-corrected chi connectivity index (χ0v) is 9.14. The molecule has 0 fully saturated rings. The summed E-state index contributed by atoms with van der Waals surface area (Å²) in [5.41, 5.74) is 1.23. The Balaban J connectivity index is 0.000000810. The summed E-state index contributed by atoms with van der Waals surface area (Å²) in [6.45, 7) is 4.29. The summed E-state index contributed by atoms with van der Waals surface area (Å²) < 4.78 is 1.92. The topological polar surface area (TPSA) is 17.8 Å². The average molecular weight is 309 g/mol. The molecule has 2 nitrogen and oxygen atoms in total. The Morgan fingerprint density at radius 1 is 1.60 bits per heavy atom. The molecule has 1 rings (SSSR count). The second-order valence-electron chi connectivity index (χ2n) is 2.50. The third-order valence-corrected chi connectivity index (χ3v) is 1.38. The minimum Gasteiger partial charge on any atom is -0.453 e. The van der Waals surface area contributed by atoms with Crippen LogP contribution in [0.15, 0.2) is 6.20 Å². The Morgan fingerprint density at radius 3 is 2.40 bits per heavy atom. The fourth-order valence-electron chi connectivity index (χ4n) is 0.862. The molecule has 0 aliphatic heterocycles. The van der Waals surface area contributed by atoms with Crippen LogP contribution < -0.4 is 0 Å². The van der Waals surface area contributed by atoms with Gasteiger partial charge in [-0.15, -0.1) is 11.9 Å². The van der Waals surface area contributed by atoms with Crippen LogP contribution in [-0.4, -0.2) is 9.55 Å². The third-order valence-electron chi connectivity index (χ3n) is 1.38. The number of imidazole rings is 1. The number of nitrogens with zero attached hydrogens (tertiary/aromatic N) is 2. The van der Waals surface area contributed by atoms with E-state index in [4.69, 9.17) is 0 Å². The van der Waals surface area contributed by atoms with Gasteiger partial charge < -0.3 is 9.55 Å². The molecule has 1 aromatic rings. The first kappa shape index (κ1) is 9.87. The molecule has 1 heterocycles. The van der Waals surface area contributed by atoms with Gasteiger partial charge in [0.1, 0.15) is 0 Å². The van der Waals surface area contributed by atoms with E-state index in [9.17, 15) is 0 Å². The van der Waals surface area contributed by atoms with E-state index in [0.29, 0.717) is 5.92 Å². The van der Waals surface area contributed by atoms with E-state index < -0.39 is 0 Å². The summed E-state index contributed by atoms with van der Waals surface area (Å²) in [6, 6.07) is 0. The van der Waals surface area contributed by atoms with E-state index in [1.807, 2.05) is 17.8 Å². The van der Waals surface area contributed by atoms with Gasteiger partial charge in [-0.1, -0.05) is 19.8 Å². The molecule has 0 aliphatic carbocycles. The van der Waals surface area contributed by atoms with Gasteiger partial charge in [-0.25, -0.2) is 0 Å². The molecule has 3 heteroatoms. The molecule has 0 saturated heterocycles. The fraction of sp³-hybridized carbons (Fsp3) is 0.571. The van der Waals surface area contributed by atoms with Crippen molar-refractivity contribution < 1.29 is 20.4 Å². The van der Waals surface area contributed by atoms with Crippen LogP contribution in [-0.2, 0) is 27.5 Å². The SMILES string of the molecule is CC(C)c1cn[c-]n1C.[Re]. The Morgan fingerprint density at radius 2 is 2.20 bits per heavy atom. The summed E-state index contributed by atoms with van der Waals surface area (Å²) in [7, 11) is 1.96. The Kier molecular flexibility index (Phi) is 3.85. The average Bonchev–Trinajstić information content (AvgIpc) is 2.13. The Bertz CT molecular complexity index is 193. The van der Waals surface area contributed by atoms with Crippen LogP contribution in [0.1, 0.15) is 25.5 Å². The van der Waals surface area contributed by atoms with Crippen molar-refractivity contribution in [3.05, 3.63) is 18.2 Å². The van der Waals surface area contributed by atoms with Crippen molar-refractivity contribution in [3.8, 4) is 0 Å². The van der Waals surface area contributed by atoms with Crippen molar-refractivity contribution >= 4 is 0 Å². The molecule has 0 bridgehead atoms. The zero-order chi connectivity index (χ0) is 6.85. The van der Waals surface area contributed by atoms with Crippen LogP contribution in [0.2, 0.25) is 0 Å². The van der Waals surface area contributed by atoms with Crippen LogP contribution in [0.4, 0.5) is 0 Å². The van der Waals surface area contributed by atoms with E-state index >= 15 is 0 Å². The van der Waals surface area contributed by atoms with Gasteiger partial charge in [0, 0.05) is 26.8 Å². The molecule has 0 atom stereocenters. The number of aryl methyl sites for hydroxylation is 1. The standard InChI is InChI=1S/C7H11N2.Re/c1-6(2)7-4-8-5-9(7)3;/h4,6H,1-3H3;/q-1;. The molecule has 0 saturated carbocycles. The van der Waals surface area contributed by atoms with Gasteiger partial charge in [-0.05, 0) is 7.05 Å². The molecule has 57 valence electrons. The first-order chi connectivity index (χ1) is 4.22. The Hall–Kier alpha value is -0.128. The maximum absolute atomic E-state index is 3.88. The Labute approximate surface area is 75.3 Å². The zero-order valence-electron chi connectivity index (χ0n) is 6.43. The van der Waals surface area contributed by atoms with Gasteiger partial charge >= 0.3 is 0 Å². The van der Waals surface area contributed by atoms with E-state index in [0.717, 1.165) is 0 Å². The van der Waals surface area contributed by atoms with Crippen molar-refractivity contribution in [2.75, 3.05) is 0 Å². The number of rotatable bonds is 1. The summed E-state index contributed by atoms with van der Waals surface area (Å²) in [5.74, 6) is 0.550. The van der Waals surface area contributed by atoms with Crippen LogP contribution in [0.3, 0.4) is 0 Å². The van der Waals surface area contributed by atoms with E-state index in [-0.39, 0.29) is 20.4 Å². The largest absolute Gasteiger partial charge is 0.453 e. The first-order valence-corrected chi connectivity index (χ1v) is 3.11. The van der Waals surface area contributed by atoms with Crippen molar-refractivity contribution in [1.29, 1.82) is 0 Å². The van der Waals surface area contributed by atoms with Crippen molar-refractivity contribution in [2.24, 2.45) is 7.05 Å². The molecule has 10 heavy (non-hydrogen) atoms. The first-order valence-electron chi connectivity index (χ1n) is 3.11. The molecule has 1 radical (unpaired) electrons. The van der Waals surface area contributed by atoms with Crippen LogP contribution >= 0.6 is 0 Å². The summed E-state index contributed by atoms with van der Waals surface area (Å²) in [4.78, 5) is 3.88. The maximum Gasteiger partial charge on any atom is 0.000420 e. The molecule has 0 aliphatic rings.